The van der Waals surface area contributed by atoms with E-state index in [1.54, 1.807) is 12.3 Å². The van der Waals surface area contributed by atoms with Crippen LogP contribution >= 0.6 is 11.6 Å². The monoisotopic (exact) mass is 256 g/mol. The fourth-order valence-corrected chi connectivity index (χ4v) is 1.60. The van der Waals surface area contributed by atoms with E-state index in [4.69, 9.17) is 17.1 Å². The second kappa shape index (κ2) is 6.42. The molecule has 2 unspecified atom stereocenters. The molecular formula is C10H13ClN4O2. The number of aliphatic hydroxyl groups is 2. The number of aliphatic hydroxyl groups excluding tert-OH is 2. The molecule has 1 aromatic heterocycles. The molecule has 1 rings (SSSR count). The maximum Gasteiger partial charge on any atom is 0.134 e. The Hall–Kier alpha value is -1.33. The highest BCUT2D eigenvalue weighted by Crippen LogP contribution is 2.25. The van der Waals surface area contributed by atoms with Crippen LogP contribution in [0.3, 0.4) is 0 Å². The van der Waals surface area contributed by atoms with Crippen molar-refractivity contribution in [2.75, 3.05) is 6.54 Å². The zero-order valence-corrected chi connectivity index (χ0v) is 10.0. The fraction of sp³-hybridized carbons (Fsp3) is 0.500. The number of aromatic nitrogens is 1. The number of nitrogens with zero attached hydrogens (tertiary/aromatic N) is 4. The van der Waals surface area contributed by atoms with Crippen molar-refractivity contribution in [1.29, 1.82) is 0 Å². The smallest absolute Gasteiger partial charge is 0.134 e. The predicted octanol–water partition coefficient (Wildman–Crippen LogP) is 2.14. The van der Waals surface area contributed by atoms with Gasteiger partial charge in [-0.3, -0.25) is 0 Å². The zero-order chi connectivity index (χ0) is 12.8. The van der Waals surface area contributed by atoms with Gasteiger partial charge in [0, 0.05) is 23.2 Å². The van der Waals surface area contributed by atoms with E-state index in [0.29, 0.717) is 5.56 Å². The summed E-state index contributed by atoms with van der Waals surface area (Å²) in [6.45, 7) is 1.93. The molecular weight excluding hydrogens is 244 g/mol. The van der Waals surface area contributed by atoms with Crippen molar-refractivity contribution in [3.63, 3.8) is 0 Å². The maximum absolute atomic E-state index is 9.88. The lowest BCUT2D eigenvalue weighted by molar-refractivity contribution is 0.0149. The lowest BCUT2D eigenvalue weighted by Gasteiger charge is -2.18. The number of hydrogen-bond acceptors (Lipinski definition) is 4. The van der Waals surface area contributed by atoms with Crippen LogP contribution in [-0.2, 0) is 0 Å². The number of aryl methyl sites for hydroxylation is 1. The second-order valence-electron chi connectivity index (χ2n) is 3.65. The molecule has 2 N–H and O–H groups in total. The first-order chi connectivity index (χ1) is 8.06. The van der Waals surface area contributed by atoms with E-state index in [0.717, 1.165) is 5.56 Å². The van der Waals surface area contributed by atoms with Gasteiger partial charge in [-0.2, -0.15) is 0 Å². The van der Waals surface area contributed by atoms with Crippen molar-refractivity contribution < 1.29 is 10.2 Å². The van der Waals surface area contributed by atoms with Crippen molar-refractivity contribution in [3.8, 4) is 0 Å². The summed E-state index contributed by atoms with van der Waals surface area (Å²) in [6, 6.07) is 1.66. The molecule has 7 heteroatoms. The molecule has 6 nitrogen and oxygen atoms in total. The Morgan fingerprint density at radius 3 is 2.94 bits per heavy atom. The first-order valence-corrected chi connectivity index (χ1v) is 5.43. The second-order valence-corrected chi connectivity index (χ2v) is 4.01. The van der Waals surface area contributed by atoms with Crippen LogP contribution in [0, 0.1) is 6.92 Å². The minimum Gasteiger partial charge on any atom is -0.390 e. The molecule has 17 heavy (non-hydrogen) atoms. The van der Waals surface area contributed by atoms with E-state index in [1.807, 2.05) is 6.92 Å². The average Bonchev–Trinajstić information content (AvgIpc) is 2.31. The SMILES string of the molecule is Cc1cnc(Cl)c(C(O)C(O)CCN=[N+]=[N-])c1. The van der Waals surface area contributed by atoms with E-state index in [9.17, 15) is 10.2 Å². The standard InChI is InChI=1S/C10H13ClN4O2/c1-6-4-7(10(11)13-5-6)9(17)8(16)2-3-14-15-12/h4-5,8-9,16-17H,2-3H2,1H3. The van der Waals surface area contributed by atoms with E-state index in [1.165, 1.54) is 0 Å². The molecule has 2 atom stereocenters. The summed E-state index contributed by atoms with van der Waals surface area (Å²) in [5.41, 5.74) is 9.31. The average molecular weight is 257 g/mol. The van der Waals surface area contributed by atoms with Crippen LogP contribution in [0.2, 0.25) is 5.15 Å². The summed E-state index contributed by atoms with van der Waals surface area (Å²) in [7, 11) is 0. The number of azide groups is 1. The summed E-state index contributed by atoms with van der Waals surface area (Å²) in [4.78, 5) is 6.46. The van der Waals surface area contributed by atoms with Gasteiger partial charge in [-0.25, -0.2) is 4.98 Å². The third kappa shape index (κ3) is 3.87. The van der Waals surface area contributed by atoms with Crippen molar-refractivity contribution in [1.82, 2.24) is 4.98 Å². The molecule has 0 radical (unpaired) electrons. The Bertz CT molecular complexity index is 434. The Labute approximate surface area is 104 Å². The minimum atomic E-state index is -1.14. The largest absolute Gasteiger partial charge is 0.390 e. The number of rotatable bonds is 5. The van der Waals surface area contributed by atoms with Crippen LogP contribution in [-0.4, -0.2) is 27.8 Å². The molecule has 0 fully saturated rings. The van der Waals surface area contributed by atoms with Gasteiger partial charge in [0.2, 0.25) is 0 Å². The molecule has 1 heterocycles. The van der Waals surface area contributed by atoms with Crippen LogP contribution in [0.1, 0.15) is 23.7 Å². The molecule has 0 saturated heterocycles. The van der Waals surface area contributed by atoms with Gasteiger partial charge in [0.05, 0.1) is 6.10 Å². The molecule has 92 valence electrons. The van der Waals surface area contributed by atoms with Crippen LogP contribution in [0.5, 0.6) is 0 Å². The molecule has 1 aromatic rings. The Kier molecular flexibility index (Phi) is 5.18. The van der Waals surface area contributed by atoms with Crippen LogP contribution < -0.4 is 0 Å². The number of halogens is 1. The molecule has 0 amide bonds. The highest BCUT2D eigenvalue weighted by atomic mass is 35.5. The van der Waals surface area contributed by atoms with Gasteiger partial charge in [-0.05, 0) is 30.5 Å². The third-order valence-electron chi connectivity index (χ3n) is 2.27. The van der Waals surface area contributed by atoms with Crippen LogP contribution in [0.25, 0.3) is 10.4 Å². The van der Waals surface area contributed by atoms with Crippen LogP contribution in [0.15, 0.2) is 17.4 Å². The van der Waals surface area contributed by atoms with Gasteiger partial charge in [-0.1, -0.05) is 16.7 Å². The fourth-order valence-electron chi connectivity index (χ4n) is 1.38. The van der Waals surface area contributed by atoms with E-state index < -0.39 is 12.2 Å². The normalized spacial score (nSPS) is 13.9. The Balaban J connectivity index is 2.76. The van der Waals surface area contributed by atoms with Gasteiger partial charge in [0.25, 0.3) is 0 Å². The van der Waals surface area contributed by atoms with E-state index in [-0.39, 0.29) is 18.1 Å². The first kappa shape index (κ1) is 13.7. The van der Waals surface area contributed by atoms with E-state index in [2.05, 4.69) is 15.0 Å². The van der Waals surface area contributed by atoms with Gasteiger partial charge >= 0.3 is 0 Å². The van der Waals surface area contributed by atoms with Gasteiger partial charge in [-0.15, -0.1) is 0 Å². The van der Waals surface area contributed by atoms with Gasteiger partial charge < -0.3 is 10.2 Å². The van der Waals surface area contributed by atoms with Crippen molar-refractivity contribution >= 4 is 11.6 Å². The van der Waals surface area contributed by atoms with Gasteiger partial charge in [0.1, 0.15) is 11.3 Å². The Morgan fingerprint density at radius 1 is 1.59 bits per heavy atom. The highest BCUT2D eigenvalue weighted by molar-refractivity contribution is 6.30. The van der Waals surface area contributed by atoms with Crippen molar-refractivity contribution in [3.05, 3.63) is 39.0 Å². The van der Waals surface area contributed by atoms with Crippen LogP contribution in [0.4, 0.5) is 0 Å². The van der Waals surface area contributed by atoms with Crippen molar-refractivity contribution in [2.24, 2.45) is 5.11 Å². The molecule has 0 aromatic carbocycles. The summed E-state index contributed by atoms with van der Waals surface area (Å²) >= 11 is 5.83. The molecule has 0 aliphatic heterocycles. The zero-order valence-electron chi connectivity index (χ0n) is 9.28. The molecule has 0 aliphatic carbocycles. The van der Waals surface area contributed by atoms with Gasteiger partial charge in [0.15, 0.2) is 0 Å². The minimum absolute atomic E-state index is 0.117. The quantitative estimate of drug-likeness (QED) is 0.365. The summed E-state index contributed by atoms with van der Waals surface area (Å²) in [5.74, 6) is 0. The highest BCUT2D eigenvalue weighted by Gasteiger charge is 2.21. The molecule has 0 aliphatic rings. The number of hydrogen-bond donors (Lipinski definition) is 2. The topological polar surface area (TPSA) is 102 Å². The van der Waals surface area contributed by atoms with Crippen molar-refractivity contribution in [2.45, 2.75) is 25.6 Å². The first-order valence-electron chi connectivity index (χ1n) is 5.05. The number of pyridine rings is 1. The third-order valence-corrected chi connectivity index (χ3v) is 2.59. The lowest BCUT2D eigenvalue weighted by atomic mass is 10.0. The maximum atomic E-state index is 9.88. The predicted molar refractivity (Wildman–Crippen MR) is 63.6 cm³/mol. The lowest BCUT2D eigenvalue weighted by Crippen LogP contribution is -2.19. The molecule has 0 spiro atoms. The summed E-state index contributed by atoms with van der Waals surface area (Å²) < 4.78 is 0. The molecule has 0 bridgehead atoms. The molecule has 0 saturated carbocycles. The summed E-state index contributed by atoms with van der Waals surface area (Å²) in [5, 5.41) is 23.0. The summed E-state index contributed by atoms with van der Waals surface area (Å²) in [6.07, 6.45) is -0.439. The van der Waals surface area contributed by atoms with E-state index >= 15 is 0 Å². The Morgan fingerprint density at radius 2 is 2.29 bits per heavy atom.